The van der Waals surface area contributed by atoms with Gasteiger partial charge >= 0.3 is 6.09 Å². The summed E-state index contributed by atoms with van der Waals surface area (Å²) in [7, 11) is 0. The van der Waals surface area contributed by atoms with Crippen LogP contribution in [-0.2, 0) is 11.3 Å². The molecule has 27 heavy (non-hydrogen) atoms. The van der Waals surface area contributed by atoms with Crippen LogP contribution in [0.5, 0.6) is 0 Å². The van der Waals surface area contributed by atoms with E-state index in [9.17, 15) is 4.79 Å². The van der Waals surface area contributed by atoms with Crippen LogP contribution < -0.4 is 10.6 Å². The number of likely N-dealkylation sites (tertiary alicyclic amines) is 1. The van der Waals surface area contributed by atoms with Crippen molar-refractivity contribution < 1.29 is 9.53 Å². The molecule has 0 saturated carbocycles. The van der Waals surface area contributed by atoms with Gasteiger partial charge in [0, 0.05) is 45.1 Å². The number of aryl methyl sites for hydroxylation is 1. The zero-order valence-electron chi connectivity index (χ0n) is 16.8. The lowest BCUT2D eigenvalue weighted by molar-refractivity contribution is 0.0507. The second kappa shape index (κ2) is 11.4. The summed E-state index contributed by atoms with van der Waals surface area (Å²) >= 11 is 0. The van der Waals surface area contributed by atoms with Gasteiger partial charge in [0.1, 0.15) is 5.60 Å². The number of alkyl carbamates (subject to hydrolysis) is 1. The normalized spacial score (nSPS) is 17.4. The van der Waals surface area contributed by atoms with Crippen molar-refractivity contribution in [2.45, 2.75) is 58.7 Å². The van der Waals surface area contributed by atoms with Crippen LogP contribution in [0.25, 0.3) is 0 Å². The van der Waals surface area contributed by atoms with E-state index in [1.54, 1.807) is 6.20 Å². The van der Waals surface area contributed by atoms with Gasteiger partial charge in [0.05, 0.1) is 12.4 Å². The maximum Gasteiger partial charge on any atom is 0.407 e. The average molecular weight is 492 g/mol. The third-order valence-electron chi connectivity index (χ3n) is 3.94. The van der Waals surface area contributed by atoms with Gasteiger partial charge in [-0.15, -0.1) is 24.0 Å². The number of aliphatic imine (C=N–C) groups is 1. The molecule has 1 fully saturated rings. The number of nitrogens with zero attached hydrogens (tertiary/aromatic N) is 4. The lowest BCUT2D eigenvalue weighted by Crippen LogP contribution is -2.44. The van der Waals surface area contributed by atoms with Gasteiger partial charge in [-0.3, -0.25) is 4.99 Å². The molecule has 1 unspecified atom stereocenters. The van der Waals surface area contributed by atoms with Gasteiger partial charge in [-0.1, -0.05) is 0 Å². The van der Waals surface area contributed by atoms with Gasteiger partial charge in [0.25, 0.3) is 0 Å². The van der Waals surface area contributed by atoms with Gasteiger partial charge in [-0.25, -0.2) is 9.78 Å². The molecule has 9 heteroatoms. The minimum atomic E-state index is -0.478. The minimum Gasteiger partial charge on any atom is -0.444 e. The van der Waals surface area contributed by atoms with E-state index in [4.69, 9.17) is 9.73 Å². The van der Waals surface area contributed by atoms with Gasteiger partial charge in [-0.2, -0.15) is 0 Å². The highest BCUT2D eigenvalue weighted by Crippen LogP contribution is 2.12. The van der Waals surface area contributed by atoms with E-state index >= 15 is 0 Å². The second-order valence-electron chi connectivity index (χ2n) is 7.47. The molecule has 2 N–H and O–H groups in total. The van der Waals surface area contributed by atoms with Crippen LogP contribution in [0.1, 0.15) is 40.5 Å². The number of nitrogens with one attached hydrogen (secondary N) is 2. The maximum atomic E-state index is 11.9. The molecule has 1 atom stereocenters. The molecule has 1 amide bonds. The van der Waals surface area contributed by atoms with Crippen molar-refractivity contribution in [1.29, 1.82) is 0 Å². The van der Waals surface area contributed by atoms with Crippen LogP contribution in [0.15, 0.2) is 23.7 Å². The number of halogens is 1. The number of imidazole rings is 1. The Balaban J connectivity index is 0.00000364. The average Bonchev–Trinajstić information content (AvgIpc) is 3.20. The van der Waals surface area contributed by atoms with E-state index in [0.717, 1.165) is 51.5 Å². The quantitative estimate of drug-likeness (QED) is 0.276. The van der Waals surface area contributed by atoms with E-state index in [2.05, 4.69) is 32.0 Å². The summed E-state index contributed by atoms with van der Waals surface area (Å²) in [4.78, 5) is 22.9. The Kier molecular flexibility index (Phi) is 9.89. The first kappa shape index (κ1) is 23.5. The number of carbonyl (C=O) groups excluding carboxylic acids is 1. The molecule has 2 rings (SSSR count). The van der Waals surface area contributed by atoms with Crippen molar-refractivity contribution in [2.24, 2.45) is 4.99 Å². The van der Waals surface area contributed by atoms with Gasteiger partial charge in [0.15, 0.2) is 5.96 Å². The number of carbonyl (C=O) groups is 1. The standard InChI is InChI=1S/C18H32N6O2.HI/c1-5-20-16(21-8-6-10-23-12-9-19-14-23)24-11-7-15(13-24)22-17(25)26-18(2,3)4;/h9,12,14-15H,5-8,10-11,13H2,1-4H3,(H,20,21)(H,22,25);1H. The summed E-state index contributed by atoms with van der Waals surface area (Å²) in [6.07, 6.45) is 7.06. The molecule has 0 aromatic carbocycles. The Morgan fingerprint density at radius 1 is 1.41 bits per heavy atom. The highest BCUT2D eigenvalue weighted by Gasteiger charge is 2.27. The molecule has 8 nitrogen and oxygen atoms in total. The van der Waals surface area contributed by atoms with Gasteiger partial charge < -0.3 is 24.8 Å². The number of aromatic nitrogens is 2. The maximum absolute atomic E-state index is 11.9. The molecule has 1 aromatic rings. The minimum absolute atomic E-state index is 0. The molecule has 2 heterocycles. The molecule has 0 radical (unpaired) electrons. The third-order valence-corrected chi connectivity index (χ3v) is 3.94. The van der Waals surface area contributed by atoms with Crippen LogP contribution in [0.4, 0.5) is 4.79 Å². The highest BCUT2D eigenvalue weighted by atomic mass is 127. The predicted octanol–water partition coefficient (Wildman–Crippen LogP) is 2.46. The van der Waals surface area contributed by atoms with Crippen LogP contribution in [0.2, 0.25) is 0 Å². The van der Waals surface area contributed by atoms with Crippen LogP contribution in [0, 0.1) is 0 Å². The molecule has 0 spiro atoms. The molecule has 1 saturated heterocycles. The van der Waals surface area contributed by atoms with Gasteiger partial charge in [-0.05, 0) is 40.5 Å². The molecule has 0 bridgehead atoms. The van der Waals surface area contributed by atoms with Crippen LogP contribution >= 0.6 is 24.0 Å². The summed E-state index contributed by atoms with van der Waals surface area (Å²) < 4.78 is 7.39. The largest absolute Gasteiger partial charge is 0.444 e. The number of hydrogen-bond donors (Lipinski definition) is 2. The summed E-state index contributed by atoms with van der Waals surface area (Å²) in [6, 6.07) is 0.0830. The highest BCUT2D eigenvalue weighted by molar-refractivity contribution is 14.0. The summed E-state index contributed by atoms with van der Waals surface area (Å²) in [5.74, 6) is 0.909. The fraction of sp³-hybridized carbons (Fsp3) is 0.722. The molecule has 154 valence electrons. The number of rotatable bonds is 6. The number of ether oxygens (including phenoxy) is 1. The predicted molar refractivity (Wildman–Crippen MR) is 118 cm³/mol. The zero-order chi connectivity index (χ0) is 19.0. The molecule has 1 aromatic heterocycles. The van der Waals surface area contributed by atoms with Crippen LogP contribution in [-0.4, -0.2) is 64.3 Å². The number of guanidine groups is 1. The zero-order valence-corrected chi connectivity index (χ0v) is 19.1. The molecule has 0 aliphatic carbocycles. The van der Waals surface area contributed by atoms with Crippen molar-refractivity contribution in [3.8, 4) is 0 Å². The third kappa shape index (κ3) is 8.81. The Hall–Kier alpha value is -1.52. The lowest BCUT2D eigenvalue weighted by atomic mass is 10.2. The van der Waals surface area contributed by atoms with E-state index in [-0.39, 0.29) is 36.1 Å². The first-order chi connectivity index (χ1) is 12.4. The Bertz CT molecular complexity index is 585. The smallest absolute Gasteiger partial charge is 0.407 e. The molecule has 1 aliphatic heterocycles. The molecular formula is C18H33IN6O2. The number of hydrogen-bond acceptors (Lipinski definition) is 4. The topological polar surface area (TPSA) is 83.8 Å². The van der Waals surface area contributed by atoms with Crippen molar-refractivity contribution in [2.75, 3.05) is 26.2 Å². The molecular weight excluding hydrogens is 459 g/mol. The van der Waals surface area contributed by atoms with Crippen LogP contribution in [0.3, 0.4) is 0 Å². The monoisotopic (exact) mass is 492 g/mol. The first-order valence-electron chi connectivity index (χ1n) is 9.36. The number of amides is 1. The van der Waals surface area contributed by atoms with E-state index in [1.165, 1.54) is 0 Å². The van der Waals surface area contributed by atoms with Crippen molar-refractivity contribution in [1.82, 2.24) is 25.1 Å². The van der Waals surface area contributed by atoms with Crippen molar-refractivity contribution in [3.05, 3.63) is 18.7 Å². The second-order valence-corrected chi connectivity index (χ2v) is 7.47. The Morgan fingerprint density at radius 3 is 2.81 bits per heavy atom. The summed E-state index contributed by atoms with van der Waals surface area (Å²) in [5.41, 5.74) is -0.478. The fourth-order valence-corrected chi connectivity index (χ4v) is 2.83. The van der Waals surface area contributed by atoms with Crippen molar-refractivity contribution >= 4 is 36.0 Å². The first-order valence-corrected chi connectivity index (χ1v) is 9.36. The summed E-state index contributed by atoms with van der Waals surface area (Å²) in [6.45, 7) is 11.8. The Morgan fingerprint density at radius 2 is 2.19 bits per heavy atom. The van der Waals surface area contributed by atoms with Crippen molar-refractivity contribution in [3.63, 3.8) is 0 Å². The summed E-state index contributed by atoms with van der Waals surface area (Å²) in [5, 5.41) is 6.30. The molecule has 1 aliphatic rings. The van der Waals surface area contributed by atoms with E-state index in [1.807, 2.05) is 33.3 Å². The van der Waals surface area contributed by atoms with Gasteiger partial charge in [0.2, 0.25) is 0 Å². The van der Waals surface area contributed by atoms with E-state index in [0.29, 0.717) is 0 Å². The fourth-order valence-electron chi connectivity index (χ4n) is 2.83. The Labute approximate surface area is 179 Å². The lowest BCUT2D eigenvalue weighted by Gasteiger charge is -2.23. The van der Waals surface area contributed by atoms with E-state index < -0.39 is 5.60 Å². The SMILES string of the molecule is CCNC(=NCCCn1ccnc1)N1CCC(NC(=O)OC(C)(C)C)C1.I.